The van der Waals surface area contributed by atoms with Crippen LogP contribution in [0.25, 0.3) is 0 Å². The fourth-order valence-corrected chi connectivity index (χ4v) is 3.18. The van der Waals surface area contributed by atoms with E-state index in [0.29, 0.717) is 0 Å². The van der Waals surface area contributed by atoms with Gasteiger partial charge in [-0.25, -0.2) is 22.8 Å². The number of hydrogen-bond donors (Lipinski definition) is 2. The van der Waals surface area contributed by atoms with E-state index in [2.05, 4.69) is 20.0 Å². The molecule has 0 aliphatic rings. The van der Waals surface area contributed by atoms with Crippen molar-refractivity contribution in [2.75, 3.05) is 11.8 Å². The highest BCUT2D eigenvalue weighted by atomic mass is 35.5. The van der Waals surface area contributed by atoms with Gasteiger partial charge in [0.15, 0.2) is 0 Å². The Bertz CT molecular complexity index is 740. The molecule has 2 aromatic rings. The van der Waals surface area contributed by atoms with Gasteiger partial charge in [0.1, 0.15) is 17.0 Å². The maximum atomic E-state index is 14.3. The van der Waals surface area contributed by atoms with Crippen molar-refractivity contribution in [1.29, 1.82) is 0 Å². The monoisotopic (exact) mass is 330 g/mol. The molecule has 6 nitrogen and oxygen atoms in total. The predicted octanol–water partition coefficient (Wildman–Crippen LogP) is 1.79. The highest BCUT2D eigenvalue weighted by Gasteiger charge is 2.22. The van der Waals surface area contributed by atoms with Crippen LogP contribution in [-0.4, -0.2) is 25.4 Å². The van der Waals surface area contributed by atoms with Crippen LogP contribution in [0.2, 0.25) is 5.02 Å². The Morgan fingerprint density at radius 2 is 1.95 bits per heavy atom. The second-order valence-electron chi connectivity index (χ2n) is 4.14. The summed E-state index contributed by atoms with van der Waals surface area (Å²) >= 11 is 5.86. The summed E-state index contributed by atoms with van der Waals surface area (Å²) in [5.74, 6) is -0.849. The third-order valence-corrected chi connectivity index (χ3v) is 4.15. The largest absolute Gasteiger partial charge is 0.316 e. The molecule has 0 aliphatic carbocycles. The molecule has 1 aromatic heterocycles. The van der Waals surface area contributed by atoms with E-state index in [1.807, 2.05) is 0 Å². The summed E-state index contributed by atoms with van der Waals surface area (Å²) in [5.41, 5.74) is 0.293. The van der Waals surface area contributed by atoms with E-state index in [4.69, 9.17) is 11.6 Å². The van der Waals surface area contributed by atoms with Gasteiger partial charge in [-0.3, -0.25) is 4.72 Å². The minimum atomic E-state index is -4.12. The lowest BCUT2D eigenvalue weighted by Gasteiger charge is -2.11. The molecule has 1 aromatic carbocycles. The second-order valence-corrected chi connectivity index (χ2v) is 6.23. The van der Waals surface area contributed by atoms with Crippen LogP contribution in [0, 0.1) is 5.82 Å². The zero-order valence-electron chi connectivity index (χ0n) is 11.0. The Kier molecular flexibility index (Phi) is 4.71. The van der Waals surface area contributed by atoms with Crippen molar-refractivity contribution in [2.24, 2.45) is 0 Å². The Morgan fingerprint density at radius 3 is 2.57 bits per heavy atom. The highest BCUT2D eigenvalue weighted by molar-refractivity contribution is 7.92. The molecule has 2 N–H and O–H groups in total. The van der Waals surface area contributed by atoms with Crippen molar-refractivity contribution in [3.63, 3.8) is 0 Å². The molecule has 2 rings (SSSR count). The third-order valence-electron chi connectivity index (χ3n) is 2.55. The molecule has 0 fully saturated rings. The first-order valence-electron chi connectivity index (χ1n) is 5.84. The number of nitrogens with zero attached hydrogens (tertiary/aromatic N) is 2. The highest BCUT2D eigenvalue weighted by Crippen LogP contribution is 2.25. The fraction of sp³-hybridized carbons (Fsp3) is 0.167. The molecule has 9 heteroatoms. The fourth-order valence-electron chi connectivity index (χ4n) is 1.69. The van der Waals surface area contributed by atoms with Crippen LogP contribution >= 0.6 is 11.6 Å². The van der Waals surface area contributed by atoms with Crippen molar-refractivity contribution in [3.05, 3.63) is 47.3 Å². The number of benzene rings is 1. The average Bonchev–Trinajstić information content (AvgIpc) is 2.43. The standard InChI is InChI=1S/C12H12ClFN4O2S/c1-15-4-8-2-9(13)3-11(12(8)14)21(19,20)18-10-5-16-7-17-6-10/h2-3,5-7,15,18H,4H2,1H3. The van der Waals surface area contributed by atoms with Crippen LogP contribution in [-0.2, 0) is 16.6 Å². The number of hydrogen-bond acceptors (Lipinski definition) is 5. The van der Waals surface area contributed by atoms with Crippen molar-refractivity contribution in [2.45, 2.75) is 11.4 Å². The zero-order valence-corrected chi connectivity index (χ0v) is 12.5. The molecule has 112 valence electrons. The van der Waals surface area contributed by atoms with Gasteiger partial charge in [0.25, 0.3) is 10.0 Å². The lowest BCUT2D eigenvalue weighted by atomic mass is 10.2. The second kappa shape index (κ2) is 6.33. The quantitative estimate of drug-likeness (QED) is 0.873. The van der Waals surface area contributed by atoms with Crippen LogP contribution in [0.15, 0.2) is 35.7 Å². The summed E-state index contributed by atoms with van der Waals surface area (Å²) in [7, 11) is -2.51. The SMILES string of the molecule is CNCc1cc(Cl)cc(S(=O)(=O)Nc2cncnc2)c1F. The molecular weight excluding hydrogens is 319 g/mol. The predicted molar refractivity (Wildman–Crippen MR) is 77.0 cm³/mol. The number of rotatable bonds is 5. The maximum Gasteiger partial charge on any atom is 0.264 e. The Morgan fingerprint density at radius 1 is 1.29 bits per heavy atom. The molecule has 0 spiro atoms. The summed E-state index contributed by atoms with van der Waals surface area (Å²) in [6, 6.07) is 2.43. The molecule has 1 heterocycles. The summed E-state index contributed by atoms with van der Waals surface area (Å²) in [6.45, 7) is 0.156. The Labute approximate surface area is 126 Å². The number of nitrogens with one attached hydrogen (secondary N) is 2. The van der Waals surface area contributed by atoms with Gasteiger partial charge in [-0.2, -0.15) is 0 Å². The Balaban J connectivity index is 2.45. The van der Waals surface area contributed by atoms with Gasteiger partial charge in [0.2, 0.25) is 0 Å². The van der Waals surface area contributed by atoms with Crippen LogP contribution in [0.5, 0.6) is 0 Å². The summed E-state index contributed by atoms with van der Waals surface area (Å²) in [6.07, 6.45) is 3.78. The number of anilines is 1. The van der Waals surface area contributed by atoms with Gasteiger partial charge in [-0.1, -0.05) is 11.6 Å². The molecular formula is C12H12ClFN4O2S. The van der Waals surface area contributed by atoms with Crippen LogP contribution in [0.1, 0.15) is 5.56 Å². The normalized spacial score (nSPS) is 11.4. The summed E-state index contributed by atoms with van der Waals surface area (Å²) < 4.78 is 41.0. The van der Waals surface area contributed by atoms with E-state index < -0.39 is 20.7 Å². The maximum absolute atomic E-state index is 14.3. The van der Waals surface area contributed by atoms with Gasteiger partial charge in [-0.15, -0.1) is 0 Å². The minimum absolute atomic E-state index is 0.131. The van der Waals surface area contributed by atoms with Crippen molar-refractivity contribution in [1.82, 2.24) is 15.3 Å². The van der Waals surface area contributed by atoms with Crippen LogP contribution < -0.4 is 10.0 Å². The van der Waals surface area contributed by atoms with E-state index in [9.17, 15) is 12.8 Å². The number of halogens is 2. The van der Waals surface area contributed by atoms with Crippen LogP contribution in [0.3, 0.4) is 0 Å². The van der Waals surface area contributed by atoms with Gasteiger partial charge in [0, 0.05) is 17.1 Å². The zero-order chi connectivity index (χ0) is 15.5. The number of sulfonamides is 1. The van der Waals surface area contributed by atoms with Gasteiger partial charge >= 0.3 is 0 Å². The lowest BCUT2D eigenvalue weighted by Crippen LogP contribution is -2.17. The molecule has 0 saturated heterocycles. The minimum Gasteiger partial charge on any atom is -0.316 e. The molecule has 0 radical (unpaired) electrons. The number of aromatic nitrogens is 2. The van der Waals surface area contributed by atoms with Crippen molar-refractivity contribution in [3.8, 4) is 0 Å². The van der Waals surface area contributed by atoms with E-state index in [1.54, 1.807) is 7.05 Å². The van der Waals surface area contributed by atoms with Crippen molar-refractivity contribution < 1.29 is 12.8 Å². The molecule has 0 atom stereocenters. The van der Waals surface area contributed by atoms with Crippen LogP contribution in [0.4, 0.5) is 10.1 Å². The van der Waals surface area contributed by atoms with Gasteiger partial charge < -0.3 is 5.32 Å². The third kappa shape index (κ3) is 3.66. The summed E-state index contributed by atoms with van der Waals surface area (Å²) in [5, 5.41) is 2.88. The molecule has 0 aliphatic heterocycles. The summed E-state index contributed by atoms with van der Waals surface area (Å²) in [4.78, 5) is 6.84. The first kappa shape index (κ1) is 15.6. The lowest BCUT2D eigenvalue weighted by molar-refractivity contribution is 0.556. The van der Waals surface area contributed by atoms with E-state index >= 15 is 0 Å². The van der Waals surface area contributed by atoms with Crippen molar-refractivity contribution >= 4 is 27.3 Å². The van der Waals surface area contributed by atoms with E-state index in [-0.39, 0.29) is 22.8 Å². The molecule has 0 amide bonds. The first-order chi connectivity index (χ1) is 9.94. The van der Waals surface area contributed by atoms with Gasteiger partial charge in [-0.05, 0) is 19.2 Å². The smallest absolute Gasteiger partial charge is 0.264 e. The Hall–Kier alpha value is -1.77. The topological polar surface area (TPSA) is 84.0 Å². The first-order valence-corrected chi connectivity index (χ1v) is 7.70. The molecule has 0 unspecified atom stereocenters. The molecule has 21 heavy (non-hydrogen) atoms. The van der Waals surface area contributed by atoms with E-state index in [0.717, 1.165) is 6.07 Å². The molecule has 0 bridgehead atoms. The molecule has 0 saturated carbocycles. The van der Waals surface area contributed by atoms with Gasteiger partial charge in [0.05, 0.1) is 18.1 Å². The van der Waals surface area contributed by atoms with E-state index in [1.165, 1.54) is 24.8 Å². The average molecular weight is 331 g/mol.